The van der Waals surface area contributed by atoms with E-state index in [1.165, 1.54) is 16.9 Å². The number of esters is 1. The normalized spacial score (nSPS) is 10.9. The van der Waals surface area contributed by atoms with Crippen LogP contribution in [0.4, 0.5) is 5.69 Å². The summed E-state index contributed by atoms with van der Waals surface area (Å²) in [7, 11) is 0. The van der Waals surface area contributed by atoms with E-state index in [1.807, 2.05) is 31.2 Å². The Kier molecular flexibility index (Phi) is 6.36. The van der Waals surface area contributed by atoms with Gasteiger partial charge in [-0.05, 0) is 30.7 Å². The molecule has 0 unspecified atom stereocenters. The van der Waals surface area contributed by atoms with Crippen molar-refractivity contribution in [3.63, 3.8) is 0 Å². The molecule has 0 amide bonds. The van der Waals surface area contributed by atoms with Gasteiger partial charge in [0.1, 0.15) is 12.4 Å². The summed E-state index contributed by atoms with van der Waals surface area (Å²) < 4.78 is 6.80. The van der Waals surface area contributed by atoms with Crippen molar-refractivity contribution in [2.45, 2.75) is 13.5 Å². The molecule has 0 spiro atoms. The Morgan fingerprint density at radius 3 is 2.45 bits per heavy atom. The third-order valence-corrected chi connectivity index (χ3v) is 5.92. The molecule has 0 aliphatic carbocycles. The lowest BCUT2D eigenvalue weighted by Crippen LogP contribution is -2.06. The highest BCUT2D eigenvalue weighted by Crippen LogP contribution is 2.26. The molecule has 2 aromatic heterocycles. The topological polar surface area (TPSA) is 137 Å². The highest BCUT2D eigenvalue weighted by molar-refractivity contribution is 6.10. The molecule has 5 aromatic rings. The van der Waals surface area contributed by atoms with Crippen LogP contribution in [-0.4, -0.2) is 36.4 Å². The number of ether oxygens (including phenoxy) is 1. The number of hydrogen-bond acceptors (Lipinski definition) is 8. The van der Waals surface area contributed by atoms with Crippen molar-refractivity contribution in [1.29, 1.82) is 0 Å². The second-order valence-corrected chi connectivity index (χ2v) is 8.60. The van der Waals surface area contributed by atoms with E-state index >= 15 is 0 Å². The van der Waals surface area contributed by atoms with Crippen molar-refractivity contribution in [3.05, 3.63) is 123 Å². The lowest BCUT2D eigenvalue weighted by Gasteiger charge is -2.06. The molecule has 0 bridgehead atoms. The predicted octanol–water partition coefficient (Wildman–Crippen LogP) is 4.91. The second-order valence-electron chi connectivity index (χ2n) is 8.60. The fourth-order valence-corrected chi connectivity index (χ4v) is 3.80. The number of phenols is 1. The number of non-ortho nitro benzene ring substituents is 1. The summed E-state index contributed by atoms with van der Waals surface area (Å²) >= 11 is 0. The van der Waals surface area contributed by atoms with Gasteiger partial charge < -0.3 is 9.84 Å². The van der Waals surface area contributed by atoms with Gasteiger partial charge in [0, 0.05) is 36.2 Å². The molecule has 0 aliphatic rings. The average Bonchev–Trinajstić information content (AvgIpc) is 3.36. The molecular weight excluding hydrogens is 488 g/mol. The van der Waals surface area contributed by atoms with E-state index in [4.69, 9.17) is 4.74 Å². The molecule has 38 heavy (non-hydrogen) atoms. The van der Waals surface area contributed by atoms with Gasteiger partial charge >= 0.3 is 5.97 Å². The van der Waals surface area contributed by atoms with Crippen molar-refractivity contribution >= 4 is 23.1 Å². The van der Waals surface area contributed by atoms with Gasteiger partial charge in [0.15, 0.2) is 11.4 Å². The van der Waals surface area contributed by atoms with Crippen molar-refractivity contribution < 1.29 is 24.4 Å². The van der Waals surface area contributed by atoms with Gasteiger partial charge in [-0.2, -0.15) is 5.10 Å². The van der Waals surface area contributed by atoms with E-state index in [1.54, 1.807) is 30.3 Å². The second kappa shape index (κ2) is 9.94. The maximum Gasteiger partial charge on any atom is 0.338 e. The van der Waals surface area contributed by atoms with E-state index in [0.29, 0.717) is 16.9 Å². The van der Waals surface area contributed by atoms with Crippen LogP contribution < -0.4 is 0 Å². The van der Waals surface area contributed by atoms with Crippen molar-refractivity contribution in [1.82, 2.24) is 14.6 Å². The number of phenolic OH excluding ortho intramolecular Hbond substituents is 1. The largest absolute Gasteiger partial charge is 0.507 e. The van der Waals surface area contributed by atoms with E-state index in [0.717, 1.165) is 34.9 Å². The van der Waals surface area contributed by atoms with E-state index in [2.05, 4.69) is 10.1 Å². The minimum Gasteiger partial charge on any atom is -0.507 e. The Bertz CT molecular complexity index is 1690. The number of nitrogens with zero attached hydrogens (tertiary/aromatic N) is 4. The summed E-state index contributed by atoms with van der Waals surface area (Å²) in [6.07, 6.45) is 2.75. The Morgan fingerprint density at radius 1 is 1.00 bits per heavy atom. The first-order valence-corrected chi connectivity index (χ1v) is 11.5. The SMILES string of the molecule is Cc1ccc(COC(=O)c2ccc(-c3cc4ncc(C(=O)c5cc([N+](=O)[O-])ccc5O)cn4n3)cc2)cc1. The molecule has 3 aromatic carbocycles. The zero-order valence-electron chi connectivity index (χ0n) is 20.1. The van der Waals surface area contributed by atoms with E-state index in [9.17, 15) is 24.8 Å². The number of aryl methyl sites for hydroxylation is 1. The molecule has 0 atom stereocenters. The number of rotatable bonds is 7. The Morgan fingerprint density at radius 2 is 1.74 bits per heavy atom. The number of carbonyl (C=O) groups excluding carboxylic acids is 2. The molecule has 188 valence electrons. The smallest absolute Gasteiger partial charge is 0.338 e. The monoisotopic (exact) mass is 508 g/mol. The molecule has 10 heteroatoms. The lowest BCUT2D eigenvalue weighted by atomic mass is 10.0. The molecule has 1 N–H and O–H groups in total. The van der Waals surface area contributed by atoms with Gasteiger partial charge in [0.05, 0.1) is 27.3 Å². The molecule has 0 saturated carbocycles. The number of ketones is 1. The van der Waals surface area contributed by atoms with Crippen molar-refractivity contribution in [2.24, 2.45) is 0 Å². The van der Waals surface area contributed by atoms with Crippen LogP contribution in [-0.2, 0) is 11.3 Å². The highest BCUT2D eigenvalue weighted by Gasteiger charge is 2.19. The zero-order chi connectivity index (χ0) is 26.8. The number of nitro groups is 1. The fourth-order valence-electron chi connectivity index (χ4n) is 3.80. The van der Waals surface area contributed by atoms with Gasteiger partial charge in [-0.25, -0.2) is 14.3 Å². The van der Waals surface area contributed by atoms with E-state index in [-0.39, 0.29) is 29.2 Å². The van der Waals surface area contributed by atoms with Crippen LogP contribution in [0.15, 0.2) is 85.2 Å². The summed E-state index contributed by atoms with van der Waals surface area (Å²) in [4.78, 5) is 40.0. The molecule has 10 nitrogen and oxygen atoms in total. The van der Waals surface area contributed by atoms with Crippen molar-refractivity contribution in [3.8, 4) is 17.0 Å². The number of benzene rings is 3. The minimum atomic E-state index is -0.646. The van der Waals surface area contributed by atoms with Gasteiger partial charge in [-0.15, -0.1) is 0 Å². The maximum atomic E-state index is 12.9. The van der Waals surface area contributed by atoms with Gasteiger partial charge in [-0.3, -0.25) is 14.9 Å². The Hall–Kier alpha value is -5.38. The number of carbonyl (C=O) groups is 2. The first kappa shape index (κ1) is 24.3. The highest BCUT2D eigenvalue weighted by atomic mass is 16.6. The zero-order valence-corrected chi connectivity index (χ0v) is 20.1. The average molecular weight is 508 g/mol. The third kappa shape index (κ3) is 4.96. The number of nitro benzene ring substituents is 1. The van der Waals surface area contributed by atoms with Crippen LogP contribution in [0.5, 0.6) is 5.75 Å². The number of aromatic nitrogens is 3. The minimum absolute atomic E-state index is 0.0922. The fraction of sp³-hybridized carbons (Fsp3) is 0.0714. The van der Waals surface area contributed by atoms with Crippen LogP contribution in [0, 0.1) is 17.0 Å². The maximum absolute atomic E-state index is 12.9. The number of hydrogen-bond donors (Lipinski definition) is 1. The van der Waals surface area contributed by atoms with Crippen LogP contribution in [0.25, 0.3) is 16.9 Å². The first-order valence-electron chi connectivity index (χ1n) is 11.5. The van der Waals surface area contributed by atoms with Crippen LogP contribution in [0.3, 0.4) is 0 Å². The molecule has 5 rings (SSSR count). The molecule has 0 fully saturated rings. The van der Waals surface area contributed by atoms with Gasteiger partial charge in [0.2, 0.25) is 0 Å². The molecule has 0 saturated heterocycles. The number of aromatic hydroxyl groups is 1. The standard InChI is InChI=1S/C28H20N4O6/c1-17-2-4-18(5-3-17)16-38-28(35)20-8-6-19(7-9-20)24-13-26-29-14-21(15-31(26)30-24)27(34)23-12-22(32(36)37)10-11-25(23)33/h2-15,33H,16H2,1H3. The molecule has 0 aliphatic heterocycles. The lowest BCUT2D eigenvalue weighted by molar-refractivity contribution is -0.384. The molecule has 0 radical (unpaired) electrons. The molecular formula is C28H20N4O6. The van der Waals surface area contributed by atoms with Crippen LogP contribution >= 0.6 is 0 Å². The predicted molar refractivity (Wildman–Crippen MR) is 137 cm³/mol. The Labute approximate surface area is 215 Å². The van der Waals surface area contributed by atoms with E-state index < -0.39 is 16.7 Å². The summed E-state index contributed by atoms with van der Waals surface area (Å²) in [6.45, 7) is 2.16. The first-order chi connectivity index (χ1) is 18.3. The number of fused-ring (bicyclic) bond motifs is 1. The Balaban J connectivity index is 1.33. The van der Waals surface area contributed by atoms with Crippen molar-refractivity contribution in [2.75, 3.05) is 0 Å². The van der Waals surface area contributed by atoms with Gasteiger partial charge in [0.25, 0.3) is 5.69 Å². The summed E-state index contributed by atoms with van der Waals surface area (Å²) in [5, 5.41) is 25.6. The summed E-state index contributed by atoms with van der Waals surface area (Å²) in [5.41, 5.74) is 3.72. The molecule has 2 heterocycles. The van der Waals surface area contributed by atoms with Crippen LogP contribution in [0.1, 0.15) is 37.4 Å². The quantitative estimate of drug-likeness (QED) is 0.142. The summed E-state index contributed by atoms with van der Waals surface area (Å²) in [6, 6.07) is 19.4. The summed E-state index contributed by atoms with van der Waals surface area (Å²) in [5.74, 6) is -1.45. The van der Waals surface area contributed by atoms with Gasteiger partial charge in [-0.1, -0.05) is 42.0 Å². The van der Waals surface area contributed by atoms with Crippen LogP contribution in [0.2, 0.25) is 0 Å². The third-order valence-electron chi connectivity index (χ3n) is 5.92.